The van der Waals surface area contributed by atoms with Crippen molar-refractivity contribution in [3.05, 3.63) is 81.5 Å². The Kier molecular flexibility index (Phi) is 9.77. The number of hydrogen-bond donors (Lipinski definition) is 3. The second kappa shape index (κ2) is 13.9. The highest BCUT2D eigenvalue weighted by Crippen LogP contribution is 2.30. The number of hydrazone groups is 1. The number of likely N-dealkylation sites (N-methyl/N-ethyl adjacent to an activating group) is 1. The summed E-state index contributed by atoms with van der Waals surface area (Å²) in [5, 5.41) is 7.72. The van der Waals surface area contributed by atoms with Crippen molar-refractivity contribution in [1.82, 2.24) is 30.2 Å². The average molecular weight is 611 g/mol. The number of aromatic nitrogens is 3. The zero-order valence-corrected chi connectivity index (χ0v) is 26.7. The molecule has 0 radical (unpaired) electrons. The standard InChI is InChI=1S/C34H42N8O3/c1-6-7-24-16-23(4)37-34(45)29(24)20-36-33(44)28-17-26(25-8-9-31(35-19-25)41-14-12-40(5)13-15-41)18-30-27(28)10-11-42(30)21-32(43)39-38-22(2)3/h8-11,16-19H,6-7,12-15,20-21H2,1-5H3,(H,36,44)(H,37,45)(H,39,43). The van der Waals surface area contributed by atoms with Gasteiger partial charge in [-0.15, -0.1) is 0 Å². The number of aryl methyl sites for hydroxylation is 2. The number of anilines is 1. The fourth-order valence-corrected chi connectivity index (χ4v) is 5.67. The molecule has 0 bridgehead atoms. The highest BCUT2D eigenvalue weighted by molar-refractivity contribution is 6.08. The van der Waals surface area contributed by atoms with Crippen molar-refractivity contribution >= 4 is 34.2 Å². The summed E-state index contributed by atoms with van der Waals surface area (Å²) in [7, 11) is 2.12. The minimum atomic E-state index is -0.306. The molecule has 4 aromatic rings. The molecule has 236 valence electrons. The van der Waals surface area contributed by atoms with Gasteiger partial charge in [-0.25, -0.2) is 10.4 Å². The van der Waals surface area contributed by atoms with E-state index in [2.05, 4.69) is 44.6 Å². The third-order valence-electron chi connectivity index (χ3n) is 8.07. The summed E-state index contributed by atoms with van der Waals surface area (Å²) in [6.07, 6.45) is 5.27. The number of carbonyl (C=O) groups is 2. The molecule has 4 heterocycles. The van der Waals surface area contributed by atoms with Crippen LogP contribution in [-0.4, -0.2) is 70.2 Å². The van der Waals surface area contributed by atoms with Crippen molar-refractivity contribution in [3.8, 4) is 11.1 Å². The Morgan fingerprint density at radius 2 is 1.82 bits per heavy atom. The maximum Gasteiger partial charge on any atom is 0.259 e. The molecule has 1 saturated heterocycles. The van der Waals surface area contributed by atoms with Crippen LogP contribution in [0.2, 0.25) is 0 Å². The first-order valence-corrected chi connectivity index (χ1v) is 15.4. The molecule has 1 aromatic carbocycles. The topological polar surface area (TPSA) is 128 Å². The molecule has 0 unspecified atom stereocenters. The van der Waals surface area contributed by atoms with Crippen LogP contribution in [0, 0.1) is 6.92 Å². The highest BCUT2D eigenvalue weighted by Gasteiger charge is 2.19. The van der Waals surface area contributed by atoms with E-state index < -0.39 is 0 Å². The number of H-pyrrole nitrogens is 1. The van der Waals surface area contributed by atoms with E-state index >= 15 is 0 Å². The van der Waals surface area contributed by atoms with Crippen molar-refractivity contribution in [2.75, 3.05) is 38.1 Å². The Balaban J connectivity index is 1.49. The monoisotopic (exact) mass is 610 g/mol. The van der Waals surface area contributed by atoms with Crippen LogP contribution >= 0.6 is 0 Å². The number of fused-ring (bicyclic) bond motifs is 1. The van der Waals surface area contributed by atoms with E-state index in [1.54, 1.807) is 20.0 Å². The van der Waals surface area contributed by atoms with Gasteiger partial charge in [-0.1, -0.05) is 13.3 Å². The smallest absolute Gasteiger partial charge is 0.259 e. The minimum Gasteiger partial charge on any atom is -0.354 e. The number of aromatic amines is 1. The van der Waals surface area contributed by atoms with Crippen LogP contribution in [-0.2, 0) is 24.3 Å². The minimum absolute atomic E-state index is 0.0322. The molecule has 1 aliphatic heterocycles. The summed E-state index contributed by atoms with van der Waals surface area (Å²) in [6.45, 7) is 11.5. The van der Waals surface area contributed by atoms with Crippen LogP contribution in [0.3, 0.4) is 0 Å². The van der Waals surface area contributed by atoms with Crippen LogP contribution in [0.1, 0.15) is 54.4 Å². The predicted octanol–water partition coefficient (Wildman–Crippen LogP) is 3.85. The van der Waals surface area contributed by atoms with Gasteiger partial charge >= 0.3 is 0 Å². The Bertz CT molecular complexity index is 1780. The molecule has 2 amide bonds. The molecule has 11 nitrogen and oxygen atoms in total. The number of amides is 2. The van der Waals surface area contributed by atoms with E-state index in [-0.39, 0.29) is 30.5 Å². The van der Waals surface area contributed by atoms with Gasteiger partial charge in [0.1, 0.15) is 12.4 Å². The maximum atomic E-state index is 13.8. The zero-order chi connectivity index (χ0) is 32.1. The van der Waals surface area contributed by atoms with Crippen LogP contribution < -0.4 is 21.2 Å². The van der Waals surface area contributed by atoms with Crippen molar-refractivity contribution in [3.63, 3.8) is 0 Å². The lowest BCUT2D eigenvalue weighted by Gasteiger charge is -2.33. The number of nitrogens with zero attached hydrogens (tertiary/aromatic N) is 5. The van der Waals surface area contributed by atoms with E-state index in [4.69, 9.17) is 4.98 Å². The van der Waals surface area contributed by atoms with Gasteiger partial charge in [0.15, 0.2) is 0 Å². The fourth-order valence-electron chi connectivity index (χ4n) is 5.67. The van der Waals surface area contributed by atoms with Crippen molar-refractivity contribution < 1.29 is 9.59 Å². The van der Waals surface area contributed by atoms with E-state index in [9.17, 15) is 14.4 Å². The van der Waals surface area contributed by atoms with Gasteiger partial charge in [-0.3, -0.25) is 14.4 Å². The molecule has 11 heteroatoms. The summed E-state index contributed by atoms with van der Waals surface area (Å²) in [5.74, 6) is 0.342. The number of nitrogens with one attached hydrogen (secondary N) is 3. The third kappa shape index (κ3) is 7.49. The van der Waals surface area contributed by atoms with Gasteiger partial charge in [0.2, 0.25) is 0 Å². The van der Waals surface area contributed by atoms with Gasteiger partial charge in [-0.2, -0.15) is 5.10 Å². The molecule has 5 rings (SSSR count). The molecule has 1 fully saturated rings. The number of carbonyl (C=O) groups excluding carboxylic acids is 2. The molecular weight excluding hydrogens is 568 g/mol. The van der Waals surface area contributed by atoms with Crippen LogP contribution in [0.15, 0.2) is 58.7 Å². The van der Waals surface area contributed by atoms with Crippen molar-refractivity contribution in [1.29, 1.82) is 0 Å². The summed E-state index contributed by atoms with van der Waals surface area (Å²) in [5.41, 5.74) is 8.25. The lowest BCUT2D eigenvalue weighted by Crippen LogP contribution is -2.44. The van der Waals surface area contributed by atoms with E-state index in [0.29, 0.717) is 16.5 Å². The average Bonchev–Trinajstić information content (AvgIpc) is 3.42. The van der Waals surface area contributed by atoms with E-state index in [1.807, 2.05) is 54.1 Å². The summed E-state index contributed by atoms with van der Waals surface area (Å²) in [6, 6.07) is 11.7. The predicted molar refractivity (Wildman–Crippen MR) is 179 cm³/mol. The molecule has 0 atom stereocenters. The van der Waals surface area contributed by atoms with Gasteiger partial charge in [-0.05, 0) is 81.8 Å². The summed E-state index contributed by atoms with van der Waals surface area (Å²) < 4.78 is 1.81. The Labute approximate surface area is 263 Å². The van der Waals surface area contributed by atoms with Gasteiger partial charge in [0.25, 0.3) is 17.4 Å². The molecule has 45 heavy (non-hydrogen) atoms. The number of hydrogen-bond acceptors (Lipinski definition) is 7. The Morgan fingerprint density at radius 3 is 2.51 bits per heavy atom. The van der Waals surface area contributed by atoms with Crippen LogP contribution in [0.25, 0.3) is 22.0 Å². The van der Waals surface area contributed by atoms with Crippen molar-refractivity contribution in [2.45, 2.75) is 53.6 Å². The fraction of sp³-hybridized carbons (Fsp3) is 0.382. The SMILES string of the molecule is CCCc1cc(C)[nH]c(=O)c1CNC(=O)c1cc(-c2ccc(N3CCN(C)CC3)nc2)cc2c1ccn2CC(=O)NN=C(C)C. The largest absolute Gasteiger partial charge is 0.354 e. The third-order valence-corrected chi connectivity index (χ3v) is 8.07. The van der Waals surface area contributed by atoms with Crippen LogP contribution in [0.5, 0.6) is 0 Å². The summed E-state index contributed by atoms with van der Waals surface area (Å²) >= 11 is 0. The lowest BCUT2D eigenvalue weighted by atomic mass is 10.00. The molecule has 1 aliphatic rings. The molecule has 0 saturated carbocycles. The molecule has 3 aromatic heterocycles. The van der Waals surface area contributed by atoms with E-state index in [1.165, 1.54) is 0 Å². The number of rotatable bonds is 10. The zero-order valence-electron chi connectivity index (χ0n) is 26.7. The van der Waals surface area contributed by atoms with Crippen molar-refractivity contribution in [2.24, 2.45) is 5.10 Å². The molecule has 0 aliphatic carbocycles. The Hall–Kier alpha value is -4.77. The maximum absolute atomic E-state index is 13.8. The first-order chi connectivity index (χ1) is 21.6. The lowest BCUT2D eigenvalue weighted by molar-refractivity contribution is -0.121. The molecular formula is C34H42N8O3. The second-order valence-corrected chi connectivity index (χ2v) is 11.9. The quantitative estimate of drug-likeness (QED) is 0.185. The first-order valence-electron chi connectivity index (χ1n) is 15.4. The highest BCUT2D eigenvalue weighted by atomic mass is 16.2. The molecule has 0 spiro atoms. The second-order valence-electron chi connectivity index (χ2n) is 11.9. The number of pyridine rings is 2. The van der Waals surface area contributed by atoms with Crippen LogP contribution in [0.4, 0.5) is 5.82 Å². The van der Waals surface area contributed by atoms with Gasteiger partial charge in [0, 0.05) is 84.1 Å². The van der Waals surface area contributed by atoms with Gasteiger partial charge < -0.3 is 24.7 Å². The van der Waals surface area contributed by atoms with E-state index in [0.717, 1.165) is 78.5 Å². The Morgan fingerprint density at radius 1 is 1.04 bits per heavy atom. The summed E-state index contributed by atoms with van der Waals surface area (Å²) in [4.78, 5) is 51.5. The number of piperazine rings is 1. The molecule has 3 N–H and O–H groups in total. The number of benzene rings is 1. The first kappa shape index (κ1) is 31.6. The normalized spacial score (nSPS) is 13.6. The van der Waals surface area contributed by atoms with Gasteiger partial charge in [0.05, 0.1) is 0 Å².